The summed E-state index contributed by atoms with van der Waals surface area (Å²) in [4.78, 5) is 5.01. The van der Waals surface area contributed by atoms with Gasteiger partial charge < -0.3 is 0 Å². The highest BCUT2D eigenvalue weighted by Crippen LogP contribution is 2.28. The summed E-state index contributed by atoms with van der Waals surface area (Å²) in [6, 6.07) is 8.88. The molecule has 0 saturated carbocycles. The molecule has 0 aromatic carbocycles. The summed E-state index contributed by atoms with van der Waals surface area (Å²) in [6.07, 6.45) is 1.68. The van der Waals surface area contributed by atoms with Gasteiger partial charge in [0.25, 0.3) is 0 Å². The molecule has 2 aromatic rings. The van der Waals surface area contributed by atoms with Crippen LogP contribution < -0.4 is 4.72 Å². The highest BCUT2D eigenvalue weighted by molar-refractivity contribution is 7.91. The van der Waals surface area contributed by atoms with Crippen LogP contribution in [0.4, 0.5) is 0 Å². The summed E-state index contributed by atoms with van der Waals surface area (Å²) >= 11 is 1.20. The smallest absolute Gasteiger partial charge is 0.249 e. The SMILES string of the molecule is CNS(=O)(=O)c1ccc(-c2ccccn2)s1. The van der Waals surface area contributed by atoms with Gasteiger partial charge in [0, 0.05) is 6.20 Å². The van der Waals surface area contributed by atoms with E-state index in [0.29, 0.717) is 4.21 Å². The van der Waals surface area contributed by atoms with E-state index in [1.807, 2.05) is 18.2 Å². The number of thiophene rings is 1. The second kappa shape index (κ2) is 4.32. The van der Waals surface area contributed by atoms with E-state index in [1.54, 1.807) is 18.3 Å². The van der Waals surface area contributed by atoms with Gasteiger partial charge in [-0.15, -0.1) is 11.3 Å². The lowest BCUT2D eigenvalue weighted by atomic mass is 10.3. The standard InChI is InChI=1S/C10H10N2O2S2/c1-11-16(13,14)10-6-5-9(15-10)8-4-2-3-7-12-8/h2-7,11H,1H3. The molecule has 0 radical (unpaired) electrons. The minimum Gasteiger partial charge on any atom is -0.255 e. The van der Waals surface area contributed by atoms with Gasteiger partial charge in [0.05, 0.1) is 10.6 Å². The Morgan fingerprint density at radius 3 is 2.69 bits per heavy atom. The van der Waals surface area contributed by atoms with Gasteiger partial charge in [-0.05, 0) is 31.3 Å². The third-order valence-electron chi connectivity index (χ3n) is 2.03. The van der Waals surface area contributed by atoms with Crippen molar-refractivity contribution in [3.05, 3.63) is 36.5 Å². The molecule has 0 aliphatic carbocycles. The molecule has 0 bridgehead atoms. The zero-order chi connectivity index (χ0) is 11.6. The maximum atomic E-state index is 11.5. The van der Waals surface area contributed by atoms with Gasteiger partial charge in [0.1, 0.15) is 4.21 Å². The molecule has 0 fully saturated rings. The first-order valence-electron chi connectivity index (χ1n) is 4.58. The van der Waals surface area contributed by atoms with E-state index in [2.05, 4.69) is 9.71 Å². The van der Waals surface area contributed by atoms with Gasteiger partial charge in [-0.3, -0.25) is 4.98 Å². The Kier molecular flexibility index (Phi) is 3.04. The quantitative estimate of drug-likeness (QED) is 0.907. The van der Waals surface area contributed by atoms with Crippen LogP contribution in [-0.4, -0.2) is 20.4 Å². The number of nitrogens with zero attached hydrogens (tertiary/aromatic N) is 1. The van der Waals surface area contributed by atoms with E-state index in [0.717, 1.165) is 10.6 Å². The number of pyridine rings is 1. The molecule has 0 saturated heterocycles. The summed E-state index contributed by atoms with van der Waals surface area (Å²) in [5.41, 5.74) is 0.782. The van der Waals surface area contributed by atoms with Crippen molar-refractivity contribution in [2.75, 3.05) is 7.05 Å². The molecule has 0 unspecified atom stereocenters. The molecule has 0 aliphatic heterocycles. The first-order chi connectivity index (χ1) is 7.63. The van der Waals surface area contributed by atoms with E-state index in [-0.39, 0.29) is 0 Å². The van der Waals surface area contributed by atoms with Crippen LogP contribution in [0.3, 0.4) is 0 Å². The fourth-order valence-corrected chi connectivity index (χ4v) is 3.33. The summed E-state index contributed by atoms with van der Waals surface area (Å²) in [7, 11) is -1.95. The minimum atomic E-state index is -3.34. The zero-order valence-corrected chi connectivity index (χ0v) is 10.2. The molecule has 0 spiro atoms. The maximum Gasteiger partial charge on any atom is 0.249 e. The molecule has 0 atom stereocenters. The third kappa shape index (κ3) is 2.13. The summed E-state index contributed by atoms with van der Waals surface area (Å²) in [5, 5.41) is 0. The lowest BCUT2D eigenvalue weighted by Crippen LogP contribution is -2.17. The molecule has 2 heterocycles. The van der Waals surface area contributed by atoms with E-state index in [1.165, 1.54) is 18.4 Å². The van der Waals surface area contributed by atoms with Crippen molar-refractivity contribution in [2.45, 2.75) is 4.21 Å². The van der Waals surface area contributed by atoms with Crippen molar-refractivity contribution >= 4 is 21.4 Å². The Morgan fingerprint density at radius 1 is 1.25 bits per heavy atom. The molecule has 0 amide bonds. The number of aromatic nitrogens is 1. The lowest BCUT2D eigenvalue weighted by molar-refractivity contribution is 0.590. The molecular formula is C10H10N2O2S2. The van der Waals surface area contributed by atoms with Crippen LogP contribution >= 0.6 is 11.3 Å². The van der Waals surface area contributed by atoms with Gasteiger partial charge in [-0.25, -0.2) is 13.1 Å². The highest BCUT2D eigenvalue weighted by atomic mass is 32.2. The largest absolute Gasteiger partial charge is 0.255 e. The third-order valence-corrected chi connectivity index (χ3v) is 5.05. The molecule has 4 nitrogen and oxygen atoms in total. The molecular weight excluding hydrogens is 244 g/mol. The topological polar surface area (TPSA) is 59.1 Å². The van der Waals surface area contributed by atoms with Crippen molar-refractivity contribution in [1.82, 2.24) is 9.71 Å². The number of nitrogens with one attached hydrogen (secondary N) is 1. The van der Waals surface area contributed by atoms with Crippen molar-refractivity contribution in [3.63, 3.8) is 0 Å². The van der Waals surface area contributed by atoms with Crippen LogP contribution in [0.15, 0.2) is 40.7 Å². The Hall–Kier alpha value is -1.24. The van der Waals surface area contributed by atoms with Gasteiger partial charge in [-0.1, -0.05) is 6.07 Å². The van der Waals surface area contributed by atoms with Gasteiger partial charge >= 0.3 is 0 Å². The normalized spacial score (nSPS) is 11.6. The molecule has 2 aromatic heterocycles. The van der Waals surface area contributed by atoms with Gasteiger partial charge in [0.15, 0.2) is 0 Å². The van der Waals surface area contributed by atoms with Crippen LogP contribution in [0.2, 0.25) is 0 Å². The van der Waals surface area contributed by atoms with Crippen molar-refractivity contribution in [2.24, 2.45) is 0 Å². The summed E-state index contributed by atoms with van der Waals surface area (Å²) in [6.45, 7) is 0. The average Bonchev–Trinajstić information content (AvgIpc) is 2.80. The van der Waals surface area contributed by atoms with E-state index >= 15 is 0 Å². The number of hydrogen-bond acceptors (Lipinski definition) is 4. The first kappa shape index (κ1) is 11.3. The monoisotopic (exact) mass is 254 g/mol. The van der Waals surface area contributed by atoms with Crippen LogP contribution in [-0.2, 0) is 10.0 Å². The Morgan fingerprint density at radius 2 is 2.06 bits per heavy atom. The fraction of sp³-hybridized carbons (Fsp3) is 0.100. The zero-order valence-electron chi connectivity index (χ0n) is 8.54. The Labute approximate surface area is 98.0 Å². The van der Waals surface area contributed by atoms with Crippen LogP contribution in [0.25, 0.3) is 10.6 Å². The van der Waals surface area contributed by atoms with E-state index in [9.17, 15) is 8.42 Å². The average molecular weight is 254 g/mol. The number of sulfonamides is 1. The minimum absolute atomic E-state index is 0.302. The van der Waals surface area contributed by atoms with E-state index in [4.69, 9.17) is 0 Å². The van der Waals surface area contributed by atoms with Gasteiger partial charge in [0.2, 0.25) is 10.0 Å². The van der Waals surface area contributed by atoms with Crippen LogP contribution in [0, 0.1) is 0 Å². The Bertz CT molecular complexity index is 576. The molecule has 0 aliphatic rings. The first-order valence-corrected chi connectivity index (χ1v) is 6.88. The number of rotatable bonds is 3. The maximum absolute atomic E-state index is 11.5. The Balaban J connectivity index is 2.42. The second-order valence-electron chi connectivity index (χ2n) is 3.04. The molecule has 84 valence electrons. The summed E-state index contributed by atoms with van der Waals surface area (Å²) in [5.74, 6) is 0. The highest BCUT2D eigenvalue weighted by Gasteiger charge is 2.14. The van der Waals surface area contributed by atoms with Crippen molar-refractivity contribution in [1.29, 1.82) is 0 Å². The van der Waals surface area contributed by atoms with Gasteiger partial charge in [-0.2, -0.15) is 0 Å². The predicted octanol–water partition coefficient (Wildman–Crippen LogP) is 1.72. The molecule has 1 N–H and O–H groups in total. The summed E-state index contributed by atoms with van der Waals surface area (Å²) < 4.78 is 25.6. The van der Waals surface area contributed by atoms with Crippen molar-refractivity contribution in [3.8, 4) is 10.6 Å². The second-order valence-corrected chi connectivity index (χ2v) is 6.24. The van der Waals surface area contributed by atoms with E-state index < -0.39 is 10.0 Å². The molecule has 16 heavy (non-hydrogen) atoms. The van der Waals surface area contributed by atoms with Crippen LogP contribution in [0.1, 0.15) is 0 Å². The van der Waals surface area contributed by atoms with Crippen LogP contribution in [0.5, 0.6) is 0 Å². The molecule has 6 heteroatoms. The fourth-order valence-electron chi connectivity index (χ4n) is 1.21. The number of hydrogen-bond donors (Lipinski definition) is 1. The van der Waals surface area contributed by atoms with Crippen molar-refractivity contribution < 1.29 is 8.42 Å². The predicted molar refractivity (Wildman–Crippen MR) is 63.8 cm³/mol. The molecule has 2 rings (SSSR count). The lowest BCUT2D eigenvalue weighted by Gasteiger charge is -1.97.